The molecule has 7 heteroatoms. The van der Waals surface area contributed by atoms with Gasteiger partial charge in [0.1, 0.15) is 18.4 Å². The SMILES string of the molecule is O=C1/C(=C\c2ccc(-n3cncn3)cc2)N=C2SCCCN12. The number of fused-ring (bicyclic) bond motifs is 1. The lowest BCUT2D eigenvalue weighted by Crippen LogP contribution is -2.34. The van der Waals surface area contributed by atoms with Crippen molar-refractivity contribution < 1.29 is 4.79 Å². The van der Waals surface area contributed by atoms with Crippen molar-refractivity contribution in [3.63, 3.8) is 0 Å². The van der Waals surface area contributed by atoms with E-state index in [4.69, 9.17) is 0 Å². The first-order valence-corrected chi connectivity index (χ1v) is 8.00. The molecule has 4 rings (SSSR count). The molecule has 3 heterocycles. The van der Waals surface area contributed by atoms with Gasteiger partial charge in [0.25, 0.3) is 5.91 Å². The zero-order chi connectivity index (χ0) is 14.9. The number of rotatable bonds is 2. The molecule has 110 valence electrons. The van der Waals surface area contributed by atoms with Crippen LogP contribution in [0.15, 0.2) is 47.6 Å². The summed E-state index contributed by atoms with van der Waals surface area (Å²) in [5, 5.41) is 4.92. The number of amides is 1. The molecule has 0 N–H and O–H groups in total. The Balaban J connectivity index is 1.60. The first-order chi connectivity index (χ1) is 10.8. The number of carbonyl (C=O) groups is 1. The van der Waals surface area contributed by atoms with Crippen LogP contribution in [0.1, 0.15) is 12.0 Å². The van der Waals surface area contributed by atoms with E-state index in [1.54, 1.807) is 27.7 Å². The van der Waals surface area contributed by atoms with Crippen molar-refractivity contribution >= 4 is 28.9 Å². The molecule has 1 fully saturated rings. The van der Waals surface area contributed by atoms with Gasteiger partial charge in [0.2, 0.25) is 0 Å². The van der Waals surface area contributed by atoms with E-state index in [1.165, 1.54) is 6.33 Å². The predicted molar refractivity (Wildman–Crippen MR) is 85.6 cm³/mol. The van der Waals surface area contributed by atoms with Crippen molar-refractivity contribution in [2.24, 2.45) is 4.99 Å². The minimum Gasteiger partial charge on any atom is -0.286 e. The maximum atomic E-state index is 12.3. The second kappa shape index (κ2) is 5.42. The molecule has 2 aliphatic rings. The molecule has 0 aliphatic carbocycles. The van der Waals surface area contributed by atoms with E-state index in [0.717, 1.165) is 35.1 Å². The Kier molecular flexibility index (Phi) is 3.27. The summed E-state index contributed by atoms with van der Waals surface area (Å²) in [5.74, 6) is 1.03. The van der Waals surface area contributed by atoms with Crippen LogP contribution in [0.4, 0.5) is 0 Å². The van der Waals surface area contributed by atoms with Crippen LogP contribution in [0.25, 0.3) is 11.8 Å². The van der Waals surface area contributed by atoms with Gasteiger partial charge in [0, 0.05) is 12.3 Å². The van der Waals surface area contributed by atoms with E-state index in [-0.39, 0.29) is 5.91 Å². The van der Waals surface area contributed by atoms with Crippen molar-refractivity contribution in [1.82, 2.24) is 19.7 Å². The fraction of sp³-hybridized carbons (Fsp3) is 0.200. The summed E-state index contributed by atoms with van der Waals surface area (Å²) in [7, 11) is 0. The number of hydrogen-bond donors (Lipinski definition) is 0. The van der Waals surface area contributed by atoms with E-state index in [1.807, 2.05) is 30.3 Å². The van der Waals surface area contributed by atoms with E-state index in [0.29, 0.717) is 5.70 Å². The van der Waals surface area contributed by atoms with Gasteiger partial charge in [-0.05, 0) is 30.2 Å². The van der Waals surface area contributed by atoms with Gasteiger partial charge >= 0.3 is 0 Å². The highest BCUT2D eigenvalue weighted by atomic mass is 32.2. The highest BCUT2D eigenvalue weighted by molar-refractivity contribution is 8.13. The maximum Gasteiger partial charge on any atom is 0.278 e. The van der Waals surface area contributed by atoms with Gasteiger partial charge in [-0.3, -0.25) is 9.69 Å². The van der Waals surface area contributed by atoms with Gasteiger partial charge in [0.05, 0.1) is 5.69 Å². The Hall–Kier alpha value is -2.41. The molecule has 0 saturated carbocycles. The lowest BCUT2D eigenvalue weighted by molar-refractivity contribution is -0.122. The number of nitrogens with zero attached hydrogens (tertiary/aromatic N) is 5. The number of aromatic nitrogens is 3. The molecule has 2 aromatic rings. The molecule has 6 nitrogen and oxygen atoms in total. The normalized spacial score (nSPS) is 19.5. The van der Waals surface area contributed by atoms with Gasteiger partial charge < -0.3 is 0 Å². The fourth-order valence-corrected chi connectivity index (χ4v) is 3.40. The van der Waals surface area contributed by atoms with Crippen LogP contribution in [-0.2, 0) is 4.79 Å². The molecule has 0 bridgehead atoms. The molecule has 0 radical (unpaired) electrons. The average molecular weight is 311 g/mol. The number of benzene rings is 1. The third kappa shape index (κ3) is 2.33. The van der Waals surface area contributed by atoms with Crippen molar-refractivity contribution in [2.75, 3.05) is 12.3 Å². The highest BCUT2D eigenvalue weighted by Crippen LogP contribution is 2.27. The zero-order valence-electron chi connectivity index (χ0n) is 11.7. The number of hydrogen-bond acceptors (Lipinski definition) is 5. The maximum absolute atomic E-state index is 12.3. The number of thioether (sulfide) groups is 1. The van der Waals surface area contributed by atoms with Crippen molar-refractivity contribution in [3.05, 3.63) is 48.2 Å². The number of amidine groups is 1. The third-order valence-electron chi connectivity index (χ3n) is 3.55. The molecule has 0 unspecified atom stereocenters. The summed E-state index contributed by atoms with van der Waals surface area (Å²) in [5.41, 5.74) is 2.39. The monoisotopic (exact) mass is 311 g/mol. The van der Waals surface area contributed by atoms with Crippen LogP contribution >= 0.6 is 11.8 Å². The molecule has 2 aliphatic heterocycles. The van der Waals surface area contributed by atoms with Crippen LogP contribution in [0.3, 0.4) is 0 Å². The first-order valence-electron chi connectivity index (χ1n) is 7.01. The standard InChI is InChI=1S/C15H13N5OS/c21-14-13(18-15-19(14)6-1-7-22-15)8-11-2-4-12(5-3-11)20-10-16-9-17-20/h2-5,8-10H,1,6-7H2/b13-8+. The topological polar surface area (TPSA) is 63.4 Å². The number of carbonyl (C=O) groups excluding carboxylic acids is 1. The van der Waals surface area contributed by atoms with Gasteiger partial charge in [-0.1, -0.05) is 23.9 Å². The third-order valence-corrected chi connectivity index (χ3v) is 4.61. The van der Waals surface area contributed by atoms with Crippen LogP contribution < -0.4 is 0 Å². The molecule has 1 amide bonds. The second-order valence-corrected chi connectivity index (χ2v) is 6.08. The summed E-state index contributed by atoms with van der Waals surface area (Å²) in [6, 6.07) is 7.77. The molecule has 0 spiro atoms. The zero-order valence-corrected chi connectivity index (χ0v) is 12.5. The van der Waals surface area contributed by atoms with Gasteiger partial charge in [-0.15, -0.1) is 0 Å². The average Bonchev–Trinajstić information content (AvgIpc) is 3.18. The predicted octanol–water partition coefficient (Wildman–Crippen LogP) is 1.94. The van der Waals surface area contributed by atoms with E-state index < -0.39 is 0 Å². The Morgan fingerprint density at radius 2 is 2.09 bits per heavy atom. The minimum absolute atomic E-state index is 0.00236. The van der Waals surface area contributed by atoms with Crippen molar-refractivity contribution in [1.29, 1.82) is 0 Å². The summed E-state index contributed by atoms with van der Waals surface area (Å²) in [6.45, 7) is 0.771. The smallest absolute Gasteiger partial charge is 0.278 e. The molecule has 1 aromatic carbocycles. The van der Waals surface area contributed by atoms with Gasteiger partial charge in [-0.2, -0.15) is 5.10 Å². The molecule has 22 heavy (non-hydrogen) atoms. The second-order valence-electron chi connectivity index (χ2n) is 5.01. The minimum atomic E-state index is 0.00236. The van der Waals surface area contributed by atoms with Crippen LogP contribution in [0.5, 0.6) is 0 Å². The summed E-state index contributed by atoms with van der Waals surface area (Å²) in [4.78, 5) is 22.4. The molecule has 1 saturated heterocycles. The van der Waals surface area contributed by atoms with Crippen molar-refractivity contribution in [3.8, 4) is 5.69 Å². The fourth-order valence-electron chi connectivity index (χ4n) is 2.45. The lowest BCUT2D eigenvalue weighted by Gasteiger charge is -2.21. The van der Waals surface area contributed by atoms with E-state index in [2.05, 4.69) is 15.1 Å². The van der Waals surface area contributed by atoms with Crippen molar-refractivity contribution in [2.45, 2.75) is 6.42 Å². The Morgan fingerprint density at radius 3 is 2.82 bits per heavy atom. The molecular weight excluding hydrogens is 298 g/mol. The summed E-state index contributed by atoms with van der Waals surface area (Å²) in [6.07, 6.45) is 6.00. The molecule has 1 aromatic heterocycles. The Labute approximate surface area is 131 Å². The van der Waals surface area contributed by atoms with Gasteiger partial charge in [-0.25, -0.2) is 14.7 Å². The van der Waals surface area contributed by atoms with Gasteiger partial charge in [0.15, 0.2) is 5.17 Å². The lowest BCUT2D eigenvalue weighted by atomic mass is 10.1. The molecule has 0 atom stereocenters. The quantitative estimate of drug-likeness (QED) is 0.795. The largest absolute Gasteiger partial charge is 0.286 e. The highest BCUT2D eigenvalue weighted by Gasteiger charge is 2.32. The van der Waals surface area contributed by atoms with Crippen LogP contribution in [-0.4, -0.2) is 43.0 Å². The molecular formula is C15H13N5OS. The van der Waals surface area contributed by atoms with E-state index in [9.17, 15) is 4.79 Å². The Bertz CT molecular complexity index is 764. The summed E-state index contributed by atoms with van der Waals surface area (Å²) >= 11 is 1.65. The number of aliphatic imine (C=N–C) groups is 1. The van der Waals surface area contributed by atoms with E-state index >= 15 is 0 Å². The summed E-state index contributed by atoms with van der Waals surface area (Å²) < 4.78 is 1.69. The first kappa shape index (κ1) is 13.3. The van der Waals surface area contributed by atoms with Crippen LogP contribution in [0.2, 0.25) is 0 Å². The Morgan fingerprint density at radius 1 is 1.23 bits per heavy atom. The van der Waals surface area contributed by atoms with Crippen LogP contribution in [0, 0.1) is 0 Å².